The van der Waals surface area contributed by atoms with E-state index in [0.29, 0.717) is 29.9 Å². The van der Waals surface area contributed by atoms with E-state index in [4.69, 9.17) is 28.3 Å². The number of aliphatic hydroxyl groups excluding tert-OH is 1. The molecule has 3 aliphatic rings. The van der Waals surface area contributed by atoms with E-state index in [-0.39, 0.29) is 60.9 Å². The van der Waals surface area contributed by atoms with Gasteiger partial charge >= 0.3 is 19.2 Å². The molecule has 2 saturated heterocycles. The fraction of sp³-hybridized carbons (Fsp3) is 0.676. The van der Waals surface area contributed by atoms with Crippen LogP contribution < -0.4 is 9.47 Å². The Labute approximate surface area is 287 Å². The summed E-state index contributed by atoms with van der Waals surface area (Å²) in [5, 5.41) is 16.9. The highest BCUT2D eigenvalue weighted by molar-refractivity contribution is 6.45. The molecule has 268 valence electrons. The van der Waals surface area contributed by atoms with Crippen molar-refractivity contribution in [1.82, 2.24) is 19.9 Å². The third kappa shape index (κ3) is 9.31. The second-order valence-electron chi connectivity index (χ2n) is 15.5. The number of nitrogens with zero attached hydrogens (tertiary/aromatic N) is 4. The monoisotopic (exact) mass is 684 g/mol. The van der Waals surface area contributed by atoms with Crippen LogP contribution in [0.1, 0.15) is 96.3 Å². The van der Waals surface area contributed by atoms with Gasteiger partial charge in [-0.15, -0.1) is 5.10 Å². The summed E-state index contributed by atoms with van der Waals surface area (Å²) >= 11 is 0. The summed E-state index contributed by atoms with van der Waals surface area (Å²) in [6.45, 7) is 14.9. The van der Waals surface area contributed by atoms with E-state index in [1.165, 1.54) is 10.9 Å². The lowest BCUT2D eigenvalue weighted by molar-refractivity contribution is -0.140. The summed E-state index contributed by atoms with van der Waals surface area (Å²) in [6.07, 6.45) is 3.87. The molecule has 1 aromatic carbocycles. The molecule has 3 atom stereocenters. The highest BCUT2D eigenvalue weighted by Gasteiger charge is 2.50. The number of hydrogen-bond donors (Lipinski definition) is 1. The summed E-state index contributed by atoms with van der Waals surface area (Å²) in [5.41, 5.74) is -1.19. The average Bonchev–Trinajstić information content (AvgIpc) is 3.54. The Morgan fingerprint density at radius 3 is 2.45 bits per heavy atom. The molecule has 1 N–H and O–H groups in total. The van der Waals surface area contributed by atoms with Gasteiger partial charge in [-0.1, -0.05) is 18.2 Å². The molecule has 1 saturated carbocycles. The Kier molecular flexibility index (Phi) is 10.7. The van der Waals surface area contributed by atoms with Crippen LogP contribution in [0.15, 0.2) is 18.3 Å². The van der Waals surface area contributed by atoms with Crippen LogP contribution in [-0.2, 0) is 43.1 Å². The number of esters is 1. The molecule has 3 heterocycles. The van der Waals surface area contributed by atoms with E-state index >= 15 is 0 Å². The number of aromatic nitrogens is 3. The second kappa shape index (κ2) is 14.3. The first-order valence-electron chi connectivity index (χ1n) is 17.0. The maximum absolute atomic E-state index is 13.8. The predicted octanol–water partition coefficient (Wildman–Crippen LogP) is 4.35. The number of ether oxygens (including phenoxy) is 4. The van der Waals surface area contributed by atoms with E-state index in [9.17, 15) is 19.5 Å². The Hall–Kier alpha value is -3.69. The third-order valence-corrected chi connectivity index (χ3v) is 8.64. The van der Waals surface area contributed by atoms with Crippen molar-refractivity contribution in [2.24, 2.45) is 5.92 Å². The van der Waals surface area contributed by atoms with Gasteiger partial charge in [0.05, 0.1) is 37.6 Å². The molecule has 3 unspecified atom stereocenters. The van der Waals surface area contributed by atoms with Crippen LogP contribution >= 0.6 is 0 Å². The summed E-state index contributed by atoms with van der Waals surface area (Å²) in [6, 6.07) is 3.41. The minimum atomic E-state index is -0.977. The number of likely N-dealkylation sites (tertiary alicyclic amines) is 1. The zero-order valence-electron chi connectivity index (χ0n) is 29.8. The Balaban J connectivity index is 1.37. The normalized spacial score (nSPS) is 22.7. The molecule has 1 aliphatic carbocycles. The highest BCUT2D eigenvalue weighted by atomic mass is 16.7. The van der Waals surface area contributed by atoms with Crippen LogP contribution in [0.4, 0.5) is 4.79 Å². The number of carbonyl (C=O) groups excluding carboxylic acids is 3. The summed E-state index contributed by atoms with van der Waals surface area (Å²) in [4.78, 5) is 41.3. The van der Waals surface area contributed by atoms with Gasteiger partial charge in [-0.3, -0.25) is 4.79 Å². The molecule has 2 aliphatic heterocycles. The maximum Gasteiger partial charge on any atom is 0.514 e. The molecule has 1 amide bonds. The van der Waals surface area contributed by atoms with E-state index in [1.807, 2.05) is 0 Å². The van der Waals surface area contributed by atoms with Crippen molar-refractivity contribution in [3.05, 3.63) is 35.2 Å². The van der Waals surface area contributed by atoms with Crippen LogP contribution in [0.2, 0.25) is 6.32 Å². The summed E-state index contributed by atoms with van der Waals surface area (Å²) in [5.74, 6) is -0.254. The molecular formula is C34H49BN4O10. The Morgan fingerprint density at radius 1 is 1.08 bits per heavy atom. The van der Waals surface area contributed by atoms with Gasteiger partial charge in [0.1, 0.15) is 40.9 Å². The third-order valence-electron chi connectivity index (χ3n) is 8.64. The van der Waals surface area contributed by atoms with Gasteiger partial charge in [0.2, 0.25) is 5.91 Å². The number of carbonyl (C=O) groups is 3. The lowest BCUT2D eigenvalue weighted by atomic mass is 9.78. The van der Waals surface area contributed by atoms with Crippen LogP contribution in [0.25, 0.3) is 0 Å². The fourth-order valence-corrected chi connectivity index (χ4v) is 6.43. The lowest BCUT2D eigenvalue weighted by Gasteiger charge is -2.39. The number of benzene rings is 1. The van der Waals surface area contributed by atoms with Crippen LogP contribution in [0, 0.1) is 5.92 Å². The van der Waals surface area contributed by atoms with Crippen LogP contribution in [0.3, 0.4) is 0 Å². The number of aryl methyl sites for hydroxylation is 1. The van der Waals surface area contributed by atoms with Crippen molar-refractivity contribution in [2.45, 2.75) is 130 Å². The Bertz CT molecular complexity index is 1530. The molecule has 3 fully saturated rings. The molecule has 49 heavy (non-hydrogen) atoms. The Morgan fingerprint density at radius 2 is 1.80 bits per heavy atom. The fourth-order valence-electron chi connectivity index (χ4n) is 6.43. The largest absolute Gasteiger partial charge is 0.514 e. The molecular weight excluding hydrogens is 635 g/mol. The van der Waals surface area contributed by atoms with E-state index in [0.717, 1.165) is 19.3 Å². The van der Waals surface area contributed by atoms with Crippen molar-refractivity contribution < 1.29 is 47.7 Å². The quantitative estimate of drug-likeness (QED) is 0.214. The van der Waals surface area contributed by atoms with Crippen molar-refractivity contribution >= 4 is 25.2 Å². The van der Waals surface area contributed by atoms with E-state index < -0.39 is 36.5 Å². The van der Waals surface area contributed by atoms with Gasteiger partial charge in [0.15, 0.2) is 5.75 Å². The standard InChI is InChI=1S/C34H49BN4O10/c1-21-9-12-26-34(8,15-21)49-35(48-26)14-13-22-10-11-25(44-24-17-38(18-24)27(41)19-39-16-23(20-40)36-37-39)28(30(42)46-32(2,3)4)29(22)45-31(43)47-33(5,6)7/h10-11,16,21,24,26,40H,9,12-15,17-20H2,1-8H3. The SMILES string of the molecule is CC1CCC2OB(CCc3ccc(OC4CN(C(=O)Cn5cc(CO)nn5)C4)c(C(=O)OC(C)(C)C)c3OC(=O)OC(C)(C)C)OC2(C)C1. The zero-order chi connectivity index (χ0) is 35.7. The minimum Gasteiger partial charge on any atom is -0.486 e. The van der Waals surface area contributed by atoms with Gasteiger partial charge in [-0.25, -0.2) is 14.3 Å². The van der Waals surface area contributed by atoms with E-state index in [2.05, 4.69) is 24.2 Å². The van der Waals surface area contributed by atoms with Gasteiger partial charge in [-0.2, -0.15) is 0 Å². The molecule has 0 radical (unpaired) electrons. The summed E-state index contributed by atoms with van der Waals surface area (Å²) < 4.78 is 37.4. The topological polar surface area (TPSA) is 161 Å². The average molecular weight is 685 g/mol. The molecule has 15 heteroatoms. The van der Waals surface area contributed by atoms with Gasteiger partial charge in [0.25, 0.3) is 0 Å². The predicted molar refractivity (Wildman–Crippen MR) is 177 cm³/mol. The van der Waals surface area contributed by atoms with Gasteiger partial charge < -0.3 is 38.3 Å². The first-order valence-corrected chi connectivity index (χ1v) is 17.0. The molecule has 1 aromatic heterocycles. The highest BCUT2D eigenvalue weighted by Crippen LogP contribution is 2.43. The van der Waals surface area contributed by atoms with E-state index in [1.54, 1.807) is 58.6 Å². The van der Waals surface area contributed by atoms with Crippen molar-refractivity contribution in [2.75, 3.05) is 13.1 Å². The lowest BCUT2D eigenvalue weighted by Crippen LogP contribution is -2.57. The van der Waals surface area contributed by atoms with Crippen LogP contribution in [-0.4, -0.2) is 92.3 Å². The number of fused-ring (bicyclic) bond motifs is 1. The summed E-state index contributed by atoms with van der Waals surface area (Å²) in [7, 11) is -0.457. The van der Waals surface area contributed by atoms with Crippen molar-refractivity contribution in [3.8, 4) is 11.5 Å². The molecule has 5 rings (SSSR count). The number of amides is 1. The zero-order valence-corrected chi connectivity index (χ0v) is 29.8. The number of aliphatic hydroxyl groups is 1. The molecule has 14 nitrogen and oxygen atoms in total. The van der Waals surface area contributed by atoms with Crippen LogP contribution in [0.5, 0.6) is 11.5 Å². The minimum absolute atomic E-state index is 0.0161. The van der Waals surface area contributed by atoms with Gasteiger partial charge in [0, 0.05) is 0 Å². The maximum atomic E-state index is 13.8. The van der Waals surface area contributed by atoms with Crippen molar-refractivity contribution in [1.29, 1.82) is 0 Å². The second-order valence-corrected chi connectivity index (χ2v) is 15.5. The van der Waals surface area contributed by atoms with Crippen molar-refractivity contribution in [3.63, 3.8) is 0 Å². The number of rotatable bonds is 10. The molecule has 0 spiro atoms. The number of hydrogen-bond acceptors (Lipinski definition) is 12. The molecule has 0 bridgehead atoms. The molecule has 2 aromatic rings. The first-order chi connectivity index (χ1) is 22.9. The first kappa shape index (κ1) is 36.6. The smallest absolute Gasteiger partial charge is 0.486 e. The van der Waals surface area contributed by atoms with Gasteiger partial charge in [-0.05, 0) is 98.0 Å².